The van der Waals surface area contributed by atoms with E-state index in [0.717, 1.165) is 6.42 Å². The van der Waals surface area contributed by atoms with Gasteiger partial charge in [-0.1, -0.05) is 12.1 Å². The summed E-state index contributed by atoms with van der Waals surface area (Å²) in [6.45, 7) is 2.30. The van der Waals surface area contributed by atoms with Gasteiger partial charge in [0.2, 0.25) is 0 Å². The molecule has 148 valence electrons. The van der Waals surface area contributed by atoms with Crippen LogP contribution < -0.4 is 10.1 Å². The molecule has 0 saturated heterocycles. The van der Waals surface area contributed by atoms with Gasteiger partial charge in [-0.3, -0.25) is 10.1 Å². The molecule has 1 aliphatic heterocycles. The maximum absolute atomic E-state index is 13.7. The fourth-order valence-corrected chi connectivity index (χ4v) is 3.25. The number of urea groups is 1. The molecule has 0 unspecified atom stereocenters. The highest BCUT2D eigenvalue weighted by molar-refractivity contribution is 5.75. The van der Waals surface area contributed by atoms with Crippen molar-refractivity contribution in [2.75, 3.05) is 13.7 Å². The van der Waals surface area contributed by atoms with Crippen LogP contribution in [-0.4, -0.2) is 29.5 Å². The van der Waals surface area contributed by atoms with E-state index in [1.165, 1.54) is 29.2 Å². The molecule has 1 N–H and O–H groups in total. The number of nitro benzene ring substituents is 1. The Labute approximate surface area is 162 Å². The number of ether oxygens (including phenoxy) is 1. The van der Waals surface area contributed by atoms with Crippen LogP contribution in [0.5, 0.6) is 5.75 Å². The van der Waals surface area contributed by atoms with Crippen LogP contribution in [0.2, 0.25) is 0 Å². The molecule has 0 bridgehead atoms. The number of non-ortho nitro benzene ring substituents is 1. The van der Waals surface area contributed by atoms with Crippen LogP contribution in [0.3, 0.4) is 0 Å². The molecular formula is C20H22FN3O4. The highest BCUT2D eigenvalue weighted by Crippen LogP contribution is 2.32. The number of carbonyl (C=O) groups excluding carboxylic acids is 1. The Balaban J connectivity index is 1.76. The van der Waals surface area contributed by atoms with Crippen LogP contribution in [0.1, 0.15) is 43.0 Å². The number of nitrogens with zero attached hydrogens (tertiary/aromatic N) is 2. The molecule has 3 rings (SSSR count). The largest absolute Gasteiger partial charge is 0.493 e. The molecule has 0 saturated carbocycles. The highest BCUT2D eigenvalue weighted by atomic mass is 19.1. The first-order chi connectivity index (χ1) is 13.4. The Hall–Kier alpha value is -3.16. The lowest BCUT2D eigenvalue weighted by Crippen LogP contribution is -2.40. The number of benzene rings is 2. The van der Waals surface area contributed by atoms with Crippen LogP contribution in [0, 0.1) is 15.9 Å². The molecule has 1 heterocycles. The second-order valence-corrected chi connectivity index (χ2v) is 6.81. The maximum atomic E-state index is 13.7. The minimum atomic E-state index is -0.465. The van der Waals surface area contributed by atoms with Gasteiger partial charge in [-0.15, -0.1) is 0 Å². The van der Waals surface area contributed by atoms with Crippen molar-refractivity contribution in [3.8, 4) is 5.75 Å². The topological polar surface area (TPSA) is 84.7 Å². The monoisotopic (exact) mass is 387 g/mol. The van der Waals surface area contributed by atoms with Gasteiger partial charge in [0.25, 0.3) is 5.69 Å². The van der Waals surface area contributed by atoms with Crippen molar-refractivity contribution in [3.63, 3.8) is 0 Å². The Bertz CT molecular complexity index is 890. The molecule has 0 radical (unpaired) electrons. The minimum Gasteiger partial charge on any atom is -0.493 e. The van der Waals surface area contributed by atoms with E-state index in [1.807, 2.05) is 0 Å². The summed E-state index contributed by atoms with van der Waals surface area (Å²) in [5.74, 6) is 0.181. The summed E-state index contributed by atoms with van der Waals surface area (Å²) in [7, 11) is 1.62. The second kappa shape index (κ2) is 8.24. The Morgan fingerprint density at radius 1 is 1.36 bits per heavy atom. The van der Waals surface area contributed by atoms with E-state index < -0.39 is 4.92 Å². The summed E-state index contributed by atoms with van der Waals surface area (Å²) >= 11 is 0. The van der Waals surface area contributed by atoms with Gasteiger partial charge < -0.3 is 15.0 Å². The molecule has 2 aromatic carbocycles. The number of rotatable bonds is 4. The normalized spacial score (nSPS) is 16.9. The van der Waals surface area contributed by atoms with Crippen molar-refractivity contribution in [1.82, 2.24) is 10.2 Å². The van der Waals surface area contributed by atoms with Gasteiger partial charge in [-0.2, -0.15) is 0 Å². The molecule has 28 heavy (non-hydrogen) atoms. The van der Waals surface area contributed by atoms with E-state index in [1.54, 1.807) is 32.2 Å². The minimum absolute atomic E-state index is 0.0246. The highest BCUT2D eigenvalue weighted by Gasteiger charge is 2.25. The molecule has 8 heteroatoms. The Kier molecular flexibility index (Phi) is 5.77. The third kappa shape index (κ3) is 4.21. The maximum Gasteiger partial charge on any atom is 0.318 e. The van der Waals surface area contributed by atoms with Crippen molar-refractivity contribution in [3.05, 3.63) is 69.5 Å². The van der Waals surface area contributed by atoms with E-state index >= 15 is 0 Å². The number of halogens is 1. The van der Waals surface area contributed by atoms with E-state index in [-0.39, 0.29) is 29.6 Å². The number of hydrogen-bond acceptors (Lipinski definition) is 4. The number of nitro groups is 1. The first-order valence-corrected chi connectivity index (χ1v) is 9.06. The van der Waals surface area contributed by atoms with E-state index in [9.17, 15) is 19.3 Å². The third-order valence-corrected chi connectivity index (χ3v) is 5.00. The summed E-state index contributed by atoms with van der Waals surface area (Å²) < 4.78 is 19.3. The zero-order chi connectivity index (χ0) is 20.3. The molecule has 0 aromatic heterocycles. The number of hydrogen-bond donors (Lipinski definition) is 1. The van der Waals surface area contributed by atoms with Crippen LogP contribution in [-0.2, 0) is 0 Å². The lowest BCUT2D eigenvalue weighted by molar-refractivity contribution is -0.384. The summed E-state index contributed by atoms with van der Waals surface area (Å²) in [5.41, 5.74) is 1.24. The zero-order valence-corrected chi connectivity index (χ0v) is 15.7. The summed E-state index contributed by atoms with van der Waals surface area (Å²) in [5, 5.41) is 13.9. The summed E-state index contributed by atoms with van der Waals surface area (Å²) in [4.78, 5) is 24.8. The van der Waals surface area contributed by atoms with Crippen molar-refractivity contribution in [2.24, 2.45) is 0 Å². The number of fused-ring (bicyclic) bond motifs is 1. The molecule has 2 aromatic rings. The summed E-state index contributed by atoms with van der Waals surface area (Å²) in [6.07, 6.45) is 1.35. The standard InChI is InChI=1S/C20H22FN3O4/c1-13(14-5-3-6-16(11-14)24(26)27)23(2)20(25)22-18-7-4-10-28-19-9-8-15(21)12-17(18)19/h3,5-6,8-9,11-13,18H,4,7,10H2,1-2H3,(H,22,25)/t13-,18+/m1/s1. The Morgan fingerprint density at radius 3 is 2.89 bits per heavy atom. The predicted molar refractivity (Wildman–Crippen MR) is 102 cm³/mol. The molecular weight excluding hydrogens is 365 g/mol. The van der Waals surface area contributed by atoms with Crippen molar-refractivity contribution >= 4 is 11.7 Å². The number of carbonyl (C=O) groups is 1. The lowest BCUT2D eigenvalue weighted by atomic mass is 10.0. The fourth-order valence-electron chi connectivity index (χ4n) is 3.25. The van der Waals surface area contributed by atoms with Gasteiger partial charge in [0.1, 0.15) is 11.6 Å². The molecule has 2 atom stereocenters. The molecule has 1 aliphatic rings. The van der Waals surface area contributed by atoms with Crippen LogP contribution in [0.25, 0.3) is 0 Å². The average molecular weight is 387 g/mol. The van der Waals surface area contributed by atoms with E-state index in [2.05, 4.69) is 5.32 Å². The van der Waals surface area contributed by atoms with Crippen LogP contribution >= 0.6 is 0 Å². The number of nitrogens with one attached hydrogen (secondary N) is 1. The molecule has 0 fully saturated rings. The zero-order valence-electron chi connectivity index (χ0n) is 15.7. The second-order valence-electron chi connectivity index (χ2n) is 6.81. The van der Waals surface area contributed by atoms with Crippen molar-refractivity contribution in [2.45, 2.75) is 31.8 Å². The lowest BCUT2D eigenvalue weighted by Gasteiger charge is -2.28. The van der Waals surface area contributed by atoms with Crippen LogP contribution in [0.15, 0.2) is 42.5 Å². The fraction of sp³-hybridized carbons (Fsp3) is 0.350. The predicted octanol–water partition coefficient (Wildman–Crippen LogP) is 4.35. The van der Waals surface area contributed by atoms with Gasteiger partial charge in [0.15, 0.2) is 0 Å². The third-order valence-electron chi connectivity index (χ3n) is 5.00. The van der Waals surface area contributed by atoms with Crippen molar-refractivity contribution in [1.29, 1.82) is 0 Å². The average Bonchev–Trinajstić information content (AvgIpc) is 2.88. The van der Waals surface area contributed by atoms with Gasteiger partial charge in [0.05, 0.1) is 23.6 Å². The Morgan fingerprint density at radius 2 is 2.14 bits per heavy atom. The van der Waals surface area contributed by atoms with E-state index in [0.29, 0.717) is 29.9 Å². The molecule has 0 spiro atoms. The molecule has 2 amide bonds. The first kappa shape index (κ1) is 19.6. The van der Waals surface area contributed by atoms with Crippen LogP contribution in [0.4, 0.5) is 14.9 Å². The van der Waals surface area contributed by atoms with E-state index in [4.69, 9.17) is 4.74 Å². The quantitative estimate of drug-likeness (QED) is 0.624. The van der Waals surface area contributed by atoms with Crippen molar-refractivity contribution < 1.29 is 18.8 Å². The molecule has 7 nitrogen and oxygen atoms in total. The summed E-state index contributed by atoms with van der Waals surface area (Å²) in [6, 6.07) is 9.39. The van der Waals surface area contributed by atoms with Gasteiger partial charge in [-0.25, -0.2) is 9.18 Å². The van der Waals surface area contributed by atoms with Gasteiger partial charge >= 0.3 is 6.03 Å². The SMILES string of the molecule is C[C@H](c1cccc([N+](=O)[O-])c1)N(C)C(=O)N[C@H]1CCCOc2ccc(F)cc21. The number of amides is 2. The van der Waals surface area contributed by atoms with Gasteiger partial charge in [0, 0.05) is 24.7 Å². The molecule has 0 aliphatic carbocycles. The first-order valence-electron chi connectivity index (χ1n) is 9.06. The smallest absolute Gasteiger partial charge is 0.318 e. The van der Waals surface area contributed by atoms with Gasteiger partial charge in [-0.05, 0) is 43.5 Å².